The first-order chi connectivity index (χ1) is 24.2. The number of H-pyrrole nitrogens is 1. The van der Waals surface area contributed by atoms with E-state index in [2.05, 4.69) is 4.98 Å². The van der Waals surface area contributed by atoms with Crippen LogP contribution >= 0.6 is 0 Å². The Morgan fingerprint density at radius 2 is 1.50 bits per heavy atom. The number of aliphatic hydroxyl groups is 1. The summed E-state index contributed by atoms with van der Waals surface area (Å²) in [5, 5.41) is 31.3. The van der Waals surface area contributed by atoms with Crippen LogP contribution < -0.4 is 20.1 Å². The lowest BCUT2D eigenvalue weighted by molar-refractivity contribution is -0.193. The Morgan fingerprint density at radius 1 is 0.962 bits per heavy atom. The molecule has 0 radical (unpaired) electrons. The number of imidazole rings is 1. The summed E-state index contributed by atoms with van der Waals surface area (Å²) < 4.78 is 90.9. The van der Waals surface area contributed by atoms with Crippen molar-refractivity contribution in [1.82, 2.24) is 9.97 Å². The van der Waals surface area contributed by atoms with Gasteiger partial charge < -0.3 is 40.4 Å². The van der Waals surface area contributed by atoms with Gasteiger partial charge in [0.05, 0.1) is 37.2 Å². The summed E-state index contributed by atoms with van der Waals surface area (Å²) in [6.45, 7) is 6.13. The standard InChI is InChI=1S/C29H32FN5O3.2C2HF3O2/c1-4-37-23-13-25(28(30)26(14-23)38-18(2)3)35(22-11-9-21(10-12-22)29(31)32)16-27-33-15-24(34-27)20-7-5-19(17-36)6-8-20;2*3-2(4,5)1(6)7/h5-15,18,36H,4,16-17H2,1-3H3,(H3,31,32)(H,33,34);2*(H,6,7). The average molecular weight is 746 g/mol. The third-order valence-corrected chi connectivity index (χ3v) is 6.30. The molecule has 0 aliphatic rings. The number of aromatic nitrogens is 2. The molecule has 4 aromatic rings. The highest BCUT2D eigenvalue weighted by atomic mass is 19.4. The van der Waals surface area contributed by atoms with E-state index in [1.165, 1.54) is 0 Å². The maximum atomic E-state index is 15.9. The molecular formula is C33H34F7N5O7. The highest BCUT2D eigenvalue weighted by Crippen LogP contribution is 2.38. The molecule has 0 fully saturated rings. The van der Waals surface area contributed by atoms with E-state index in [9.17, 15) is 31.4 Å². The van der Waals surface area contributed by atoms with E-state index in [-0.39, 0.29) is 36.5 Å². The zero-order valence-electron chi connectivity index (χ0n) is 27.6. The van der Waals surface area contributed by atoms with Gasteiger partial charge in [-0.05, 0) is 50.6 Å². The average Bonchev–Trinajstić information content (AvgIpc) is 3.53. The van der Waals surface area contributed by atoms with Gasteiger partial charge in [-0.25, -0.2) is 19.0 Å². The minimum Gasteiger partial charge on any atom is -0.494 e. The monoisotopic (exact) mass is 745 g/mol. The fraction of sp³-hybridized carbons (Fsp3) is 0.273. The lowest BCUT2D eigenvalue weighted by Crippen LogP contribution is -2.21. The number of nitrogens with zero attached hydrogens (tertiary/aromatic N) is 2. The number of nitrogens with one attached hydrogen (secondary N) is 2. The highest BCUT2D eigenvalue weighted by Gasteiger charge is 2.39. The number of carboxylic acids is 2. The van der Waals surface area contributed by atoms with Gasteiger partial charge in [-0.2, -0.15) is 26.3 Å². The molecule has 0 aliphatic carbocycles. The molecule has 1 aromatic heterocycles. The molecule has 19 heteroatoms. The first-order valence-electron chi connectivity index (χ1n) is 14.9. The van der Waals surface area contributed by atoms with Crippen LogP contribution in [0.15, 0.2) is 66.9 Å². The van der Waals surface area contributed by atoms with Crippen molar-refractivity contribution in [2.45, 2.75) is 52.4 Å². The Kier molecular flexibility index (Phi) is 15.0. The van der Waals surface area contributed by atoms with E-state index < -0.39 is 30.1 Å². The van der Waals surface area contributed by atoms with Crippen molar-refractivity contribution < 1.29 is 65.1 Å². The Bertz CT molecular complexity index is 1770. The molecule has 0 amide bonds. The van der Waals surface area contributed by atoms with Crippen LogP contribution in [-0.2, 0) is 22.7 Å². The molecule has 1 heterocycles. The van der Waals surface area contributed by atoms with Crippen LogP contribution in [-0.4, -0.2) is 68.1 Å². The maximum Gasteiger partial charge on any atom is 0.490 e. The Morgan fingerprint density at radius 3 is 1.94 bits per heavy atom. The second-order valence-electron chi connectivity index (χ2n) is 10.6. The third kappa shape index (κ3) is 12.8. The summed E-state index contributed by atoms with van der Waals surface area (Å²) in [6.07, 6.45) is -8.61. The number of ether oxygens (including phenoxy) is 2. The molecule has 0 spiro atoms. The number of halogens is 7. The summed E-state index contributed by atoms with van der Waals surface area (Å²) in [4.78, 5) is 27.5. The number of nitrogen functional groups attached to an aromatic ring is 1. The molecular weight excluding hydrogens is 711 g/mol. The molecule has 0 unspecified atom stereocenters. The number of rotatable bonds is 11. The molecule has 0 bridgehead atoms. The number of carboxylic acid groups (broad SMARTS) is 2. The minimum absolute atomic E-state index is 0.0294. The smallest absolute Gasteiger partial charge is 0.490 e. The summed E-state index contributed by atoms with van der Waals surface area (Å²) in [6, 6.07) is 17.7. The van der Waals surface area contributed by atoms with Gasteiger partial charge in [0.2, 0.25) is 0 Å². The van der Waals surface area contributed by atoms with E-state index in [4.69, 9.17) is 45.4 Å². The zero-order valence-corrected chi connectivity index (χ0v) is 27.6. The second-order valence-corrected chi connectivity index (χ2v) is 10.6. The van der Waals surface area contributed by atoms with Gasteiger partial charge >= 0.3 is 24.3 Å². The first kappa shape index (κ1) is 42.3. The van der Waals surface area contributed by atoms with Crippen LogP contribution in [0.5, 0.6) is 11.5 Å². The highest BCUT2D eigenvalue weighted by molar-refractivity contribution is 5.95. The van der Waals surface area contributed by atoms with Crippen LogP contribution in [0.25, 0.3) is 11.3 Å². The van der Waals surface area contributed by atoms with Crippen LogP contribution in [0.2, 0.25) is 0 Å². The van der Waals surface area contributed by atoms with Crippen LogP contribution in [0.4, 0.5) is 42.1 Å². The summed E-state index contributed by atoms with van der Waals surface area (Å²) in [7, 11) is 0. The SMILES string of the molecule is CCOc1cc(OC(C)C)c(F)c(N(Cc2nc(-c3ccc(CO)cc3)c[nH]2)c2ccc(C(=N)N)cc2)c1.O=C(O)C(F)(F)F.O=C(O)C(F)(F)F. The number of aliphatic hydroxyl groups excluding tert-OH is 1. The van der Waals surface area contributed by atoms with Crippen molar-refractivity contribution >= 4 is 29.1 Å². The predicted octanol–water partition coefficient (Wildman–Crippen LogP) is 6.78. The van der Waals surface area contributed by atoms with E-state index in [0.29, 0.717) is 29.4 Å². The molecule has 0 aliphatic heterocycles. The number of aromatic amines is 1. The number of alkyl halides is 6. The second kappa shape index (κ2) is 18.4. The lowest BCUT2D eigenvalue weighted by atomic mass is 10.1. The molecule has 52 heavy (non-hydrogen) atoms. The van der Waals surface area contributed by atoms with Gasteiger partial charge in [-0.15, -0.1) is 0 Å². The largest absolute Gasteiger partial charge is 0.494 e. The molecule has 3 aromatic carbocycles. The first-order valence-corrected chi connectivity index (χ1v) is 14.9. The topological polar surface area (TPSA) is 195 Å². The molecule has 0 atom stereocenters. The van der Waals surface area contributed by atoms with Gasteiger partial charge in [-0.3, -0.25) is 5.41 Å². The Balaban J connectivity index is 0.000000564. The number of hydrogen-bond donors (Lipinski definition) is 6. The van der Waals surface area contributed by atoms with E-state index in [1.54, 1.807) is 47.5 Å². The van der Waals surface area contributed by atoms with Crippen molar-refractivity contribution in [1.29, 1.82) is 5.41 Å². The number of carbonyl (C=O) groups is 2. The maximum absolute atomic E-state index is 15.9. The number of anilines is 2. The fourth-order valence-corrected chi connectivity index (χ4v) is 4.00. The van der Waals surface area contributed by atoms with Gasteiger partial charge in [-0.1, -0.05) is 24.3 Å². The Hall–Kier alpha value is -5.85. The Labute approximate surface area is 291 Å². The van der Waals surface area contributed by atoms with E-state index in [1.807, 2.05) is 45.0 Å². The number of amidine groups is 1. The molecule has 12 nitrogen and oxygen atoms in total. The van der Waals surface area contributed by atoms with Gasteiger partial charge in [0.25, 0.3) is 0 Å². The number of nitrogens with two attached hydrogens (primary N) is 1. The third-order valence-electron chi connectivity index (χ3n) is 6.30. The van der Waals surface area contributed by atoms with Crippen molar-refractivity contribution in [3.05, 3.63) is 89.6 Å². The van der Waals surface area contributed by atoms with Crippen LogP contribution in [0.3, 0.4) is 0 Å². The summed E-state index contributed by atoms with van der Waals surface area (Å²) in [5.74, 6) is -4.91. The van der Waals surface area contributed by atoms with Crippen molar-refractivity contribution in [3.63, 3.8) is 0 Å². The van der Waals surface area contributed by atoms with Gasteiger partial charge in [0, 0.05) is 35.1 Å². The van der Waals surface area contributed by atoms with E-state index >= 15 is 4.39 Å². The molecule has 0 saturated heterocycles. The van der Waals surface area contributed by atoms with Crippen LogP contribution in [0.1, 0.15) is 37.7 Å². The number of hydrogen-bond acceptors (Lipinski definition) is 8. The summed E-state index contributed by atoms with van der Waals surface area (Å²) in [5.41, 5.74) is 9.56. The van der Waals surface area contributed by atoms with Crippen molar-refractivity contribution in [2.75, 3.05) is 11.5 Å². The molecule has 0 saturated carbocycles. The minimum atomic E-state index is -5.08. The normalized spacial score (nSPS) is 11.1. The van der Waals surface area contributed by atoms with E-state index in [0.717, 1.165) is 16.8 Å². The van der Waals surface area contributed by atoms with Gasteiger partial charge in [0.15, 0.2) is 11.6 Å². The predicted molar refractivity (Wildman–Crippen MR) is 174 cm³/mol. The molecule has 4 rings (SSSR count). The van der Waals surface area contributed by atoms with Crippen molar-refractivity contribution in [2.24, 2.45) is 5.73 Å². The fourth-order valence-electron chi connectivity index (χ4n) is 4.00. The van der Waals surface area contributed by atoms with Crippen LogP contribution in [0, 0.1) is 11.2 Å². The molecule has 7 N–H and O–H groups in total. The number of benzene rings is 3. The number of aliphatic carboxylic acids is 2. The quantitative estimate of drug-likeness (QED) is 0.0541. The summed E-state index contributed by atoms with van der Waals surface area (Å²) >= 11 is 0. The van der Waals surface area contributed by atoms with Gasteiger partial charge in [0.1, 0.15) is 17.4 Å². The molecule has 282 valence electrons. The lowest BCUT2D eigenvalue weighted by Gasteiger charge is -2.26. The zero-order chi connectivity index (χ0) is 39.4. The van der Waals surface area contributed by atoms with Crippen molar-refractivity contribution in [3.8, 4) is 22.8 Å².